The monoisotopic (exact) mass is 540 g/mol. The Morgan fingerprint density at radius 3 is 2.76 bits per heavy atom. The first-order chi connectivity index (χ1) is 18.5. The van der Waals surface area contributed by atoms with Crippen LogP contribution >= 0.6 is 11.3 Å². The van der Waals surface area contributed by atoms with E-state index in [9.17, 15) is 14.4 Å². The number of thiophene rings is 1. The first-order valence-corrected chi connectivity index (χ1v) is 14.4. The van der Waals surface area contributed by atoms with Gasteiger partial charge in [-0.05, 0) is 68.4 Å². The third-order valence-corrected chi connectivity index (χ3v) is 8.50. The van der Waals surface area contributed by atoms with Crippen molar-refractivity contribution in [3.63, 3.8) is 0 Å². The number of hydrogen-bond acceptors (Lipinski definition) is 7. The van der Waals surface area contributed by atoms with Crippen molar-refractivity contribution in [2.45, 2.75) is 56.8 Å². The van der Waals surface area contributed by atoms with Gasteiger partial charge in [-0.2, -0.15) is 0 Å². The lowest BCUT2D eigenvalue weighted by molar-refractivity contribution is -0.134. The first kappa shape index (κ1) is 26.6. The van der Waals surface area contributed by atoms with Gasteiger partial charge in [-0.25, -0.2) is 0 Å². The normalized spacial score (nSPS) is 23.9. The second-order valence-corrected chi connectivity index (χ2v) is 11.2. The van der Waals surface area contributed by atoms with Gasteiger partial charge in [0.2, 0.25) is 5.91 Å². The highest BCUT2D eigenvalue weighted by atomic mass is 32.1. The van der Waals surface area contributed by atoms with E-state index in [0.29, 0.717) is 41.3 Å². The minimum Gasteiger partial charge on any atom is -0.490 e. The highest BCUT2D eigenvalue weighted by Gasteiger charge is 2.39. The van der Waals surface area contributed by atoms with Gasteiger partial charge in [-0.15, -0.1) is 11.3 Å². The van der Waals surface area contributed by atoms with Crippen LogP contribution in [0.15, 0.2) is 35.7 Å². The zero-order valence-corrected chi connectivity index (χ0v) is 22.6. The highest BCUT2D eigenvalue weighted by Crippen LogP contribution is 2.32. The van der Waals surface area contributed by atoms with Gasteiger partial charge < -0.3 is 29.9 Å². The fraction of sp³-hybridized carbons (Fsp3) is 0.536. The van der Waals surface area contributed by atoms with Gasteiger partial charge in [0.25, 0.3) is 11.8 Å². The molecule has 9 nitrogen and oxygen atoms in total. The van der Waals surface area contributed by atoms with Crippen LogP contribution in [-0.4, -0.2) is 85.6 Å². The topological polar surface area (TPSA) is 100 Å². The molecule has 3 amide bonds. The molecule has 5 rings (SSSR count). The summed E-state index contributed by atoms with van der Waals surface area (Å²) in [5.41, 5.74) is 0.945. The van der Waals surface area contributed by atoms with E-state index in [-0.39, 0.29) is 42.6 Å². The molecule has 2 fully saturated rings. The van der Waals surface area contributed by atoms with E-state index in [1.807, 2.05) is 11.4 Å². The Labute approximate surface area is 227 Å². The van der Waals surface area contributed by atoms with Crippen LogP contribution in [0.1, 0.15) is 58.6 Å². The molecule has 3 atom stereocenters. The molecule has 0 spiro atoms. The summed E-state index contributed by atoms with van der Waals surface area (Å²) in [4.78, 5) is 43.2. The number of carbonyl (C=O) groups excluding carboxylic acids is 3. The largest absolute Gasteiger partial charge is 0.490 e. The standard InChI is InChI=1S/C28H36N4O5S/c1-31-22-9-8-20(17-26(33)29-11-14-32-12-3-2-4-13-32)37-24(22)18-36-23-10-7-19(16-21(23)28(31)35)30-27(34)25-6-5-15-38-25/h5-7,10,15-16,20,22,24H,2-4,8-9,11-14,17-18H2,1H3,(H,29,33)(H,30,34)/t20-,22+,24+/m1/s1. The molecule has 2 saturated heterocycles. The summed E-state index contributed by atoms with van der Waals surface area (Å²) in [6, 6.07) is 8.53. The van der Waals surface area contributed by atoms with E-state index in [2.05, 4.69) is 15.5 Å². The zero-order valence-electron chi connectivity index (χ0n) is 21.8. The number of likely N-dealkylation sites (tertiary alicyclic amines) is 1. The number of piperidine rings is 1. The third kappa shape index (κ3) is 6.36. The van der Waals surface area contributed by atoms with Crippen LogP contribution in [0.4, 0.5) is 5.69 Å². The number of fused-ring (bicyclic) bond motifs is 2. The maximum atomic E-state index is 13.4. The molecule has 2 N–H and O–H groups in total. The van der Waals surface area contributed by atoms with Crippen molar-refractivity contribution in [2.24, 2.45) is 0 Å². The second kappa shape index (κ2) is 12.3. The van der Waals surface area contributed by atoms with Crippen molar-refractivity contribution in [3.05, 3.63) is 46.2 Å². The summed E-state index contributed by atoms with van der Waals surface area (Å²) < 4.78 is 12.3. The van der Waals surface area contributed by atoms with Gasteiger partial charge in [-0.1, -0.05) is 12.5 Å². The van der Waals surface area contributed by atoms with Gasteiger partial charge in [0.15, 0.2) is 0 Å². The average molecular weight is 541 g/mol. The minimum absolute atomic E-state index is 0.00382. The summed E-state index contributed by atoms with van der Waals surface area (Å²) in [6.45, 7) is 4.06. The molecule has 1 aromatic heterocycles. The zero-order chi connectivity index (χ0) is 26.5. The highest BCUT2D eigenvalue weighted by molar-refractivity contribution is 7.12. The number of nitrogens with zero attached hydrogens (tertiary/aromatic N) is 2. The number of nitrogens with one attached hydrogen (secondary N) is 2. The maximum Gasteiger partial charge on any atom is 0.265 e. The minimum atomic E-state index is -0.324. The number of hydrogen-bond donors (Lipinski definition) is 2. The fourth-order valence-corrected chi connectivity index (χ4v) is 6.14. The molecule has 10 heteroatoms. The van der Waals surface area contributed by atoms with Gasteiger partial charge in [0, 0.05) is 25.8 Å². The van der Waals surface area contributed by atoms with Crippen LogP contribution in [0, 0.1) is 0 Å². The molecule has 2 aromatic rings. The van der Waals surface area contributed by atoms with Crippen LogP contribution in [0.3, 0.4) is 0 Å². The lowest BCUT2D eigenvalue weighted by atomic mass is 9.94. The average Bonchev–Trinajstić information content (AvgIpc) is 3.47. The number of carbonyl (C=O) groups is 3. The van der Waals surface area contributed by atoms with E-state index in [0.717, 1.165) is 26.1 Å². The molecule has 0 saturated carbocycles. The van der Waals surface area contributed by atoms with Crippen molar-refractivity contribution < 1.29 is 23.9 Å². The molecular weight excluding hydrogens is 504 g/mol. The molecule has 3 aliphatic rings. The van der Waals surface area contributed by atoms with Crippen molar-refractivity contribution in [3.8, 4) is 5.75 Å². The second-order valence-electron chi connectivity index (χ2n) is 10.3. The Bertz CT molecular complexity index is 1130. The van der Waals surface area contributed by atoms with Crippen molar-refractivity contribution in [1.82, 2.24) is 15.1 Å². The number of rotatable bonds is 7. The molecular formula is C28H36N4O5S. The van der Waals surface area contributed by atoms with Crippen molar-refractivity contribution in [1.29, 1.82) is 0 Å². The Hall–Kier alpha value is -2.95. The SMILES string of the molecule is CN1C(=O)c2cc(NC(=O)c3cccs3)ccc2OC[C@@H]2O[C@@H](CC(=O)NCCN3CCCCC3)CC[C@@H]21. The van der Waals surface area contributed by atoms with Gasteiger partial charge in [-0.3, -0.25) is 14.4 Å². The number of benzene rings is 1. The summed E-state index contributed by atoms with van der Waals surface area (Å²) in [6.07, 6.45) is 4.99. The van der Waals surface area contributed by atoms with Crippen LogP contribution < -0.4 is 15.4 Å². The molecule has 1 aromatic carbocycles. The summed E-state index contributed by atoms with van der Waals surface area (Å²) >= 11 is 1.36. The van der Waals surface area contributed by atoms with Gasteiger partial charge in [0.1, 0.15) is 18.5 Å². The first-order valence-electron chi connectivity index (χ1n) is 13.5. The molecule has 204 valence electrons. The van der Waals surface area contributed by atoms with Crippen LogP contribution in [0.25, 0.3) is 0 Å². The Kier molecular flexibility index (Phi) is 8.61. The Morgan fingerprint density at radius 2 is 1.97 bits per heavy atom. The van der Waals surface area contributed by atoms with E-state index in [1.54, 1.807) is 36.2 Å². The van der Waals surface area contributed by atoms with Crippen molar-refractivity contribution >= 4 is 34.7 Å². The molecule has 0 aliphatic carbocycles. The molecule has 4 heterocycles. The van der Waals surface area contributed by atoms with Crippen LogP contribution in [0.5, 0.6) is 5.75 Å². The Balaban J connectivity index is 1.17. The lowest BCUT2D eigenvalue weighted by Gasteiger charge is -2.42. The van der Waals surface area contributed by atoms with Crippen LogP contribution in [0.2, 0.25) is 0 Å². The van der Waals surface area contributed by atoms with E-state index in [4.69, 9.17) is 9.47 Å². The number of likely N-dealkylation sites (N-methyl/N-ethyl adjacent to an activating group) is 1. The summed E-state index contributed by atoms with van der Waals surface area (Å²) in [5.74, 6) is 0.0639. The molecule has 3 aliphatic heterocycles. The predicted molar refractivity (Wildman–Crippen MR) is 146 cm³/mol. The smallest absolute Gasteiger partial charge is 0.265 e. The molecule has 0 unspecified atom stereocenters. The van der Waals surface area contributed by atoms with Crippen molar-refractivity contribution in [2.75, 3.05) is 45.2 Å². The molecule has 38 heavy (non-hydrogen) atoms. The summed E-state index contributed by atoms with van der Waals surface area (Å²) in [5, 5.41) is 7.75. The number of amides is 3. The summed E-state index contributed by atoms with van der Waals surface area (Å²) in [7, 11) is 1.78. The van der Waals surface area contributed by atoms with E-state index >= 15 is 0 Å². The van der Waals surface area contributed by atoms with Gasteiger partial charge in [0.05, 0.1) is 29.0 Å². The fourth-order valence-electron chi connectivity index (χ4n) is 5.52. The van der Waals surface area contributed by atoms with Crippen LogP contribution in [-0.2, 0) is 9.53 Å². The molecule has 0 radical (unpaired) electrons. The number of ether oxygens (including phenoxy) is 2. The third-order valence-electron chi connectivity index (χ3n) is 7.63. The van der Waals surface area contributed by atoms with E-state index in [1.165, 1.54) is 30.6 Å². The molecule has 0 bridgehead atoms. The quantitative estimate of drug-likeness (QED) is 0.559. The predicted octanol–water partition coefficient (Wildman–Crippen LogP) is 3.37. The Morgan fingerprint density at radius 1 is 1.13 bits per heavy atom. The number of anilines is 1. The maximum absolute atomic E-state index is 13.4. The van der Waals surface area contributed by atoms with Gasteiger partial charge >= 0.3 is 0 Å². The van der Waals surface area contributed by atoms with E-state index < -0.39 is 0 Å². The lowest BCUT2D eigenvalue weighted by Crippen LogP contribution is -2.54.